The SMILES string of the molecule is CN=C(NCCCOC1CCOC1)NC1CC1c1ccccc1F.I. The molecule has 2 aliphatic rings. The van der Waals surface area contributed by atoms with E-state index in [9.17, 15) is 4.39 Å². The molecule has 1 saturated carbocycles. The van der Waals surface area contributed by atoms with Crippen molar-refractivity contribution >= 4 is 29.9 Å². The van der Waals surface area contributed by atoms with Crippen LogP contribution in [0.2, 0.25) is 0 Å². The van der Waals surface area contributed by atoms with Gasteiger partial charge in [-0.3, -0.25) is 4.99 Å². The lowest BCUT2D eigenvalue weighted by Crippen LogP contribution is -2.39. The number of benzene rings is 1. The van der Waals surface area contributed by atoms with Crippen LogP contribution in [0.15, 0.2) is 29.3 Å². The molecule has 2 N–H and O–H groups in total. The number of aliphatic imine (C=N–C) groups is 1. The zero-order valence-corrected chi connectivity index (χ0v) is 16.9. The maximum atomic E-state index is 13.8. The fourth-order valence-corrected chi connectivity index (χ4v) is 3.02. The Morgan fingerprint density at radius 1 is 1.40 bits per heavy atom. The van der Waals surface area contributed by atoms with Crippen molar-refractivity contribution in [1.29, 1.82) is 0 Å². The maximum absolute atomic E-state index is 13.8. The molecular weight excluding hydrogens is 436 g/mol. The maximum Gasteiger partial charge on any atom is 0.191 e. The number of halogens is 2. The summed E-state index contributed by atoms with van der Waals surface area (Å²) in [7, 11) is 1.75. The average molecular weight is 463 g/mol. The van der Waals surface area contributed by atoms with E-state index in [1.54, 1.807) is 13.1 Å². The van der Waals surface area contributed by atoms with Crippen molar-refractivity contribution in [3.63, 3.8) is 0 Å². The molecule has 5 nitrogen and oxygen atoms in total. The molecule has 1 aromatic rings. The second-order valence-corrected chi connectivity index (χ2v) is 6.32. The Hall–Kier alpha value is -0.930. The zero-order valence-electron chi connectivity index (χ0n) is 14.5. The Bertz CT molecular complexity index is 567. The molecule has 3 atom stereocenters. The first-order valence-corrected chi connectivity index (χ1v) is 8.69. The van der Waals surface area contributed by atoms with Crippen molar-refractivity contribution in [3.05, 3.63) is 35.6 Å². The minimum absolute atomic E-state index is 0. The molecule has 1 heterocycles. The van der Waals surface area contributed by atoms with Gasteiger partial charge in [0.05, 0.1) is 12.7 Å². The molecule has 3 unspecified atom stereocenters. The van der Waals surface area contributed by atoms with E-state index >= 15 is 0 Å². The second-order valence-electron chi connectivity index (χ2n) is 6.32. The van der Waals surface area contributed by atoms with Crippen LogP contribution >= 0.6 is 24.0 Å². The standard InChI is InChI=1S/C18H26FN3O2.HI/c1-20-18(21-8-4-9-24-13-7-10-23-12-13)22-17-11-15(17)14-5-2-3-6-16(14)19;/h2-3,5-6,13,15,17H,4,7-12H2,1H3,(H2,20,21,22);1H. The van der Waals surface area contributed by atoms with Crippen molar-refractivity contribution < 1.29 is 13.9 Å². The van der Waals surface area contributed by atoms with Gasteiger partial charge in [0.15, 0.2) is 5.96 Å². The van der Waals surface area contributed by atoms with E-state index in [1.807, 2.05) is 12.1 Å². The summed E-state index contributed by atoms with van der Waals surface area (Å²) in [5.41, 5.74) is 0.789. The van der Waals surface area contributed by atoms with Crippen molar-refractivity contribution in [2.45, 2.75) is 37.3 Å². The topological polar surface area (TPSA) is 54.9 Å². The normalized spacial score (nSPS) is 25.4. The van der Waals surface area contributed by atoms with Crippen molar-refractivity contribution in [2.75, 3.05) is 33.4 Å². The molecular formula is C18H27FIN3O2. The van der Waals surface area contributed by atoms with Crippen molar-refractivity contribution in [2.24, 2.45) is 4.99 Å². The first kappa shape index (κ1) is 20.4. The van der Waals surface area contributed by atoms with Gasteiger partial charge < -0.3 is 20.1 Å². The van der Waals surface area contributed by atoms with E-state index in [2.05, 4.69) is 15.6 Å². The monoisotopic (exact) mass is 463 g/mol. The molecule has 1 aliphatic carbocycles. The van der Waals surface area contributed by atoms with E-state index in [0.717, 1.165) is 57.2 Å². The molecule has 1 aromatic carbocycles. The van der Waals surface area contributed by atoms with Gasteiger partial charge in [0.25, 0.3) is 0 Å². The van der Waals surface area contributed by atoms with E-state index in [1.165, 1.54) is 6.07 Å². The van der Waals surface area contributed by atoms with Gasteiger partial charge in [0.2, 0.25) is 0 Å². The number of nitrogens with zero attached hydrogens (tertiary/aromatic N) is 1. The molecule has 1 saturated heterocycles. The summed E-state index contributed by atoms with van der Waals surface area (Å²) in [5, 5.41) is 6.65. The second kappa shape index (κ2) is 10.3. The minimum Gasteiger partial charge on any atom is -0.379 e. The van der Waals surface area contributed by atoms with Gasteiger partial charge in [-0.25, -0.2) is 4.39 Å². The molecule has 25 heavy (non-hydrogen) atoms. The lowest BCUT2D eigenvalue weighted by atomic mass is 10.1. The summed E-state index contributed by atoms with van der Waals surface area (Å²) in [5.74, 6) is 0.876. The highest BCUT2D eigenvalue weighted by molar-refractivity contribution is 14.0. The third-order valence-electron chi connectivity index (χ3n) is 4.50. The Labute approximate surface area is 165 Å². The summed E-state index contributed by atoms with van der Waals surface area (Å²) >= 11 is 0. The van der Waals surface area contributed by atoms with Crippen LogP contribution in [0, 0.1) is 5.82 Å². The van der Waals surface area contributed by atoms with Crippen LogP contribution in [0.5, 0.6) is 0 Å². The van der Waals surface area contributed by atoms with Crippen LogP contribution in [0.25, 0.3) is 0 Å². The van der Waals surface area contributed by atoms with Crippen molar-refractivity contribution in [1.82, 2.24) is 10.6 Å². The first-order chi connectivity index (χ1) is 11.8. The van der Waals surface area contributed by atoms with Gasteiger partial charge in [-0.2, -0.15) is 0 Å². The number of rotatable bonds is 7. The summed E-state index contributed by atoms with van der Waals surface area (Å²) in [6, 6.07) is 7.25. The lowest BCUT2D eigenvalue weighted by molar-refractivity contribution is 0.0420. The summed E-state index contributed by atoms with van der Waals surface area (Å²) in [4.78, 5) is 4.23. The number of guanidine groups is 1. The highest BCUT2D eigenvalue weighted by atomic mass is 127. The molecule has 0 aromatic heterocycles. The Balaban J connectivity index is 0.00000225. The highest BCUT2D eigenvalue weighted by Crippen LogP contribution is 2.41. The average Bonchev–Trinajstić information content (AvgIpc) is 3.14. The first-order valence-electron chi connectivity index (χ1n) is 8.69. The van der Waals surface area contributed by atoms with Crippen LogP contribution in [0.3, 0.4) is 0 Å². The van der Waals surface area contributed by atoms with Gasteiger partial charge in [-0.15, -0.1) is 24.0 Å². The van der Waals surface area contributed by atoms with Crippen LogP contribution in [-0.4, -0.2) is 51.5 Å². The molecule has 0 radical (unpaired) electrons. The quantitative estimate of drug-likeness (QED) is 0.283. The third kappa shape index (κ3) is 6.07. The molecule has 0 bridgehead atoms. The van der Waals surface area contributed by atoms with Gasteiger partial charge in [0.1, 0.15) is 5.82 Å². The fraction of sp³-hybridized carbons (Fsp3) is 0.611. The smallest absolute Gasteiger partial charge is 0.191 e. The van der Waals surface area contributed by atoms with Gasteiger partial charge >= 0.3 is 0 Å². The van der Waals surface area contributed by atoms with Crippen molar-refractivity contribution in [3.8, 4) is 0 Å². The predicted octanol–water partition coefficient (Wildman–Crippen LogP) is 2.66. The van der Waals surface area contributed by atoms with Crippen LogP contribution in [0.1, 0.15) is 30.7 Å². The summed E-state index contributed by atoms with van der Waals surface area (Å²) in [6.07, 6.45) is 3.11. The minimum atomic E-state index is -0.122. The molecule has 2 fully saturated rings. The fourth-order valence-electron chi connectivity index (χ4n) is 3.02. The summed E-state index contributed by atoms with van der Waals surface area (Å²) < 4.78 is 24.8. The number of ether oxygens (including phenoxy) is 2. The number of hydrogen-bond donors (Lipinski definition) is 2. The molecule has 3 rings (SSSR count). The van der Waals surface area contributed by atoms with E-state index in [0.29, 0.717) is 0 Å². The van der Waals surface area contributed by atoms with Gasteiger partial charge in [-0.05, 0) is 30.9 Å². The third-order valence-corrected chi connectivity index (χ3v) is 4.50. The lowest BCUT2D eigenvalue weighted by Gasteiger charge is -2.13. The predicted molar refractivity (Wildman–Crippen MR) is 107 cm³/mol. The Morgan fingerprint density at radius 2 is 2.24 bits per heavy atom. The molecule has 140 valence electrons. The summed E-state index contributed by atoms with van der Waals surface area (Å²) in [6.45, 7) is 3.05. The molecule has 0 amide bonds. The number of nitrogens with one attached hydrogen (secondary N) is 2. The van der Waals surface area contributed by atoms with E-state index in [-0.39, 0.29) is 47.9 Å². The Morgan fingerprint density at radius 3 is 2.96 bits per heavy atom. The molecule has 0 spiro atoms. The largest absolute Gasteiger partial charge is 0.379 e. The zero-order chi connectivity index (χ0) is 16.8. The molecule has 1 aliphatic heterocycles. The van der Waals surface area contributed by atoms with Crippen LogP contribution in [0.4, 0.5) is 4.39 Å². The van der Waals surface area contributed by atoms with E-state index in [4.69, 9.17) is 9.47 Å². The van der Waals surface area contributed by atoms with E-state index < -0.39 is 0 Å². The van der Waals surface area contributed by atoms with Crippen LogP contribution in [-0.2, 0) is 9.47 Å². The van der Waals surface area contributed by atoms with Crippen LogP contribution < -0.4 is 10.6 Å². The highest BCUT2D eigenvalue weighted by Gasteiger charge is 2.40. The van der Waals surface area contributed by atoms with Gasteiger partial charge in [0, 0.05) is 38.8 Å². The number of hydrogen-bond acceptors (Lipinski definition) is 3. The Kier molecular flexibility index (Phi) is 8.38. The van der Waals surface area contributed by atoms with Gasteiger partial charge in [-0.1, -0.05) is 18.2 Å². The molecule has 7 heteroatoms.